The highest BCUT2D eigenvalue weighted by Gasteiger charge is 2.11. The lowest BCUT2D eigenvalue weighted by Crippen LogP contribution is -1.94. The third kappa shape index (κ3) is 3.83. The van der Waals surface area contributed by atoms with Crippen molar-refractivity contribution in [1.82, 2.24) is 9.78 Å². The summed E-state index contributed by atoms with van der Waals surface area (Å²) >= 11 is 0. The average molecular weight is 371 g/mol. The number of ether oxygens (including phenoxy) is 1. The molecule has 0 spiro atoms. The Bertz CT molecular complexity index is 1090. The van der Waals surface area contributed by atoms with Gasteiger partial charge < -0.3 is 4.74 Å². The van der Waals surface area contributed by atoms with Crippen molar-refractivity contribution in [3.05, 3.63) is 96.4 Å². The molecule has 0 saturated carbocycles. The van der Waals surface area contributed by atoms with Gasteiger partial charge in [-0.25, -0.2) is 9.07 Å². The number of aromatic nitrogens is 2. The van der Waals surface area contributed by atoms with Gasteiger partial charge in [0.15, 0.2) is 0 Å². The molecule has 5 heteroatoms. The number of methoxy groups -OCH3 is 1. The molecule has 4 rings (SSSR count). The van der Waals surface area contributed by atoms with E-state index in [4.69, 9.17) is 9.84 Å². The second-order valence-electron chi connectivity index (χ2n) is 6.18. The van der Waals surface area contributed by atoms with Crippen molar-refractivity contribution >= 4 is 11.9 Å². The molecule has 4 aromatic rings. The molecular weight excluding hydrogens is 353 g/mol. The third-order valence-electron chi connectivity index (χ3n) is 4.31. The van der Waals surface area contributed by atoms with Crippen LogP contribution in [-0.2, 0) is 0 Å². The second-order valence-corrected chi connectivity index (χ2v) is 6.18. The van der Waals surface area contributed by atoms with E-state index in [1.165, 1.54) is 12.1 Å². The SMILES string of the molecule is COc1ccc(-c2nn(-c3ccccc3)cc2C=Nc2ccc(F)cc2)cc1. The van der Waals surface area contributed by atoms with E-state index in [0.29, 0.717) is 5.69 Å². The number of rotatable bonds is 5. The zero-order valence-corrected chi connectivity index (χ0v) is 15.3. The first kappa shape index (κ1) is 17.7. The Hall–Kier alpha value is -3.73. The molecular formula is C23H18FN3O. The molecule has 1 aromatic heterocycles. The van der Waals surface area contributed by atoms with Crippen LogP contribution in [0.4, 0.5) is 10.1 Å². The van der Waals surface area contributed by atoms with E-state index in [0.717, 1.165) is 28.3 Å². The lowest BCUT2D eigenvalue weighted by Gasteiger charge is -2.02. The van der Waals surface area contributed by atoms with Gasteiger partial charge in [-0.15, -0.1) is 0 Å². The predicted molar refractivity (Wildman–Crippen MR) is 109 cm³/mol. The Kier molecular flexibility index (Phi) is 4.97. The molecule has 0 bridgehead atoms. The Labute approximate surface area is 162 Å². The minimum absolute atomic E-state index is 0.283. The van der Waals surface area contributed by atoms with Crippen LogP contribution in [0.25, 0.3) is 16.9 Å². The van der Waals surface area contributed by atoms with Crippen molar-refractivity contribution in [2.24, 2.45) is 4.99 Å². The number of para-hydroxylation sites is 1. The Morgan fingerprint density at radius 2 is 1.64 bits per heavy atom. The lowest BCUT2D eigenvalue weighted by molar-refractivity contribution is 0.415. The number of aliphatic imine (C=N–C) groups is 1. The molecule has 0 aliphatic heterocycles. The van der Waals surface area contributed by atoms with Gasteiger partial charge in [-0.2, -0.15) is 5.10 Å². The highest BCUT2D eigenvalue weighted by atomic mass is 19.1. The van der Waals surface area contributed by atoms with Crippen LogP contribution in [0.15, 0.2) is 90.1 Å². The number of halogens is 1. The summed E-state index contributed by atoms with van der Waals surface area (Å²) in [5.74, 6) is 0.502. The first-order valence-electron chi connectivity index (χ1n) is 8.82. The lowest BCUT2D eigenvalue weighted by atomic mass is 10.1. The van der Waals surface area contributed by atoms with Crippen molar-refractivity contribution in [1.29, 1.82) is 0 Å². The van der Waals surface area contributed by atoms with E-state index in [1.54, 1.807) is 25.5 Å². The molecule has 0 radical (unpaired) electrons. The molecule has 0 N–H and O–H groups in total. The van der Waals surface area contributed by atoms with E-state index in [-0.39, 0.29) is 5.82 Å². The molecule has 4 nitrogen and oxygen atoms in total. The molecule has 3 aromatic carbocycles. The van der Waals surface area contributed by atoms with E-state index < -0.39 is 0 Å². The monoisotopic (exact) mass is 371 g/mol. The van der Waals surface area contributed by atoms with Crippen molar-refractivity contribution in [2.75, 3.05) is 7.11 Å². The van der Waals surface area contributed by atoms with E-state index in [2.05, 4.69) is 4.99 Å². The van der Waals surface area contributed by atoms with Crippen molar-refractivity contribution in [2.45, 2.75) is 0 Å². The van der Waals surface area contributed by atoms with E-state index in [1.807, 2.05) is 65.5 Å². The van der Waals surface area contributed by atoms with Gasteiger partial charge >= 0.3 is 0 Å². The first-order chi connectivity index (χ1) is 13.7. The Balaban J connectivity index is 1.75. The molecule has 28 heavy (non-hydrogen) atoms. The highest BCUT2D eigenvalue weighted by molar-refractivity contribution is 5.90. The zero-order chi connectivity index (χ0) is 19.3. The Morgan fingerprint density at radius 1 is 0.929 bits per heavy atom. The first-order valence-corrected chi connectivity index (χ1v) is 8.82. The largest absolute Gasteiger partial charge is 0.497 e. The van der Waals surface area contributed by atoms with Crippen molar-refractivity contribution < 1.29 is 9.13 Å². The van der Waals surface area contributed by atoms with Gasteiger partial charge in [0.1, 0.15) is 17.3 Å². The maximum absolute atomic E-state index is 13.1. The van der Waals surface area contributed by atoms with Crippen LogP contribution in [-0.4, -0.2) is 23.1 Å². The van der Waals surface area contributed by atoms with Crippen LogP contribution in [0.5, 0.6) is 5.75 Å². The summed E-state index contributed by atoms with van der Waals surface area (Å²) in [5, 5.41) is 4.76. The van der Waals surface area contributed by atoms with E-state index in [9.17, 15) is 4.39 Å². The van der Waals surface area contributed by atoms with Crippen LogP contribution in [0.1, 0.15) is 5.56 Å². The molecule has 0 aliphatic carbocycles. The normalized spacial score (nSPS) is 11.1. The van der Waals surface area contributed by atoms with E-state index >= 15 is 0 Å². The number of hydrogen-bond donors (Lipinski definition) is 0. The second kappa shape index (κ2) is 7.88. The average Bonchev–Trinajstić information content (AvgIpc) is 3.18. The summed E-state index contributed by atoms with van der Waals surface area (Å²) < 4.78 is 20.2. The fourth-order valence-electron chi connectivity index (χ4n) is 2.84. The summed E-state index contributed by atoms with van der Waals surface area (Å²) in [5.41, 5.74) is 4.25. The van der Waals surface area contributed by atoms with Gasteiger partial charge in [0, 0.05) is 23.5 Å². The fraction of sp³-hybridized carbons (Fsp3) is 0.0435. The molecule has 0 amide bonds. The van der Waals surface area contributed by atoms with Crippen LogP contribution >= 0.6 is 0 Å². The summed E-state index contributed by atoms with van der Waals surface area (Å²) in [6.45, 7) is 0. The molecule has 0 saturated heterocycles. The van der Waals surface area contributed by atoms with Crippen molar-refractivity contribution in [3.63, 3.8) is 0 Å². The number of benzene rings is 3. The third-order valence-corrected chi connectivity index (χ3v) is 4.31. The van der Waals surface area contributed by atoms with Gasteiger partial charge in [-0.3, -0.25) is 4.99 Å². The van der Waals surface area contributed by atoms with Crippen LogP contribution in [0.2, 0.25) is 0 Å². The quantitative estimate of drug-likeness (QED) is 0.438. The van der Waals surface area contributed by atoms with Crippen LogP contribution in [0.3, 0.4) is 0 Å². The fourth-order valence-corrected chi connectivity index (χ4v) is 2.84. The maximum Gasteiger partial charge on any atom is 0.123 e. The van der Waals surface area contributed by atoms with Crippen LogP contribution in [0, 0.1) is 5.82 Å². The summed E-state index contributed by atoms with van der Waals surface area (Å²) in [4.78, 5) is 4.47. The van der Waals surface area contributed by atoms with Gasteiger partial charge in [-0.05, 0) is 60.7 Å². The maximum atomic E-state index is 13.1. The molecule has 138 valence electrons. The van der Waals surface area contributed by atoms with Gasteiger partial charge in [0.2, 0.25) is 0 Å². The smallest absolute Gasteiger partial charge is 0.123 e. The molecule has 1 heterocycles. The summed E-state index contributed by atoms with van der Waals surface area (Å²) in [6.07, 6.45) is 3.68. The standard InChI is InChI=1S/C23H18FN3O/c1-28-22-13-7-17(8-14-22)23-18(15-25-20-11-9-19(24)10-12-20)16-27(26-23)21-5-3-2-4-6-21/h2-16H,1H3. The number of hydrogen-bond acceptors (Lipinski definition) is 3. The minimum atomic E-state index is -0.283. The number of nitrogens with zero attached hydrogens (tertiary/aromatic N) is 3. The topological polar surface area (TPSA) is 39.4 Å². The molecule has 0 aliphatic rings. The molecule has 0 atom stereocenters. The zero-order valence-electron chi connectivity index (χ0n) is 15.3. The summed E-state index contributed by atoms with van der Waals surface area (Å²) in [7, 11) is 1.64. The predicted octanol–water partition coefficient (Wildman–Crippen LogP) is 5.44. The van der Waals surface area contributed by atoms with Gasteiger partial charge in [0.25, 0.3) is 0 Å². The molecule has 0 unspecified atom stereocenters. The highest BCUT2D eigenvalue weighted by Crippen LogP contribution is 2.25. The van der Waals surface area contributed by atoms with Crippen LogP contribution < -0.4 is 4.74 Å². The minimum Gasteiger partial charge on any atom is -0.497 e. The van der Waals surface area contributed by atoms with Gasteiger partial charge in [0.05, 0.1) is 18.5 Å². The van der Waals surface area contributed by atoms with Crippen molar-refractivity contribution in [3.8, 4) is 22.7 Å². The van der Waals surface area contributed by atoms with Gasteiger partial charge in [-0.1, -0.05) is 18.2 Å². The Morgan fingerprint density at radius 3 is 2.32 bits per heavy atom. The molecule has 0 fully saturated rings. The summed E-state index contributed by atoms with van der Waals surface area (Å²) in [6, 6.07) is 23.7.